The minimum Gasteiger partial charge on any atom is -0.466 e. The lowest BCUT2D eigenvalue weighted by Crippen LogP contribution is -2.53. The number of nitrogens with zero attached hydrogens (tertiary/aromatic N) is 1. The molecule has 0 saturated carbocycles. The fourth-order valence-corrected chi connectivity index (χ4v) is 3.97. The lowest BCUT2D eigenvalue weighted by molar-refractivity contribution is -0.151. The fraction of sp³-hybridized carbons (Fsp3) is 0.400. The summed E-state index contributed by atoms with van der Waals surface area (Å²) in [5, 5.41) is 5.12. The highest BCUT2D eigenvalue weighted by atomic mass is 19.4. The monoisotopic (exact) mass is 491 g/mol. The molecule has 0 aliphatic carbocycles. The molecule has 0 bridgehead atoms. The zero-order valence-electron chi connectivity index (χ0n) is 19.3. The number of nitrogens with one attached hydrogen (secondary N) is 2. The Bertz CT molecular complexity index is 1010. The molecule has 1 fully saturated rings. The number of anilines is 1. The highest BCUT2D eigenvalue weighted by Crippen LogP contribution is 2.29. The normalized spacial score (nSPS) is 16.8. The van der Waals surface area contributed by atoms with Crippen molar-refractivity contribution in [2.24, 2.45) is 5.92 Å². The smallest absolute Gasteiger partial charge is 0.416 e. The average Bonchev–Trinajstić information content (AvgIpc) is 2.84. The largest absolute Gasteiger partial charge is 0.466 e. The third-order valence-corrected chi connectivity index (χ3v) is 5.71. The predicted molar refractivity (Wildman–Crippen MR) is 123 cm³/mol. The second kappa shape index (κ2) is 11.7. The number of esters is 1. The van der Waals surface area contributed by atoms with Gasteiger partial charge in [-0.25, -0.2) is 4.79 Å². The predicted octanol–water partition coefficient (Wildman–Crippen LogP) is 4.24. The molecule has 188 valence electrons. The summed E-state index contributed by atoms with van der Waals surface area (Å²) in [6.07, 6.45) is -3.02. The zero-order valence-corrected chi connectivity index (χ0v) is 19.3. The van der Waals surface area contributed by atoms with Crippen molar-refractivity contribution in [3.63, 3.8) is 0 Å². The number of hydrogen-bond donors (Lipinski definition) is 2. The van der Waals surface area contributed by atoms with E-state index in [1.54, 1.807) is 11.8 Å². The van der Waals surface area contributed by atoms with E-state index in [1.165, 1.54) is 0 Å². The molecular formula is C25H28F3N3O4. The number of carbonyl (C=O) groups excluding carboxylic acids is 3. The lowest BCUT2D eigenvalue weighted by atomic mass is 9.96. The molecule has 2 aromatic rings. The molecule has 0 radical (unpaired) electrons. The molecule has 2 unspecified atom stereocenters. The topological polar surface area (TPSA) is 87.7 Å². The first-order valence-electron chi connectivity index (χ1n) is 11.4. The molecule has 1 heterocycles. The highest BCUT2D eigenvalue weighted by molar-refractivity contribution is 5.94. The van der Waals surface area contributed by atoms with Crippen LogP contribution in [0.15, 0.2) is 54.6 Å². The molecule has 7 nitrogen and oxygen atoms in total. The Morgan fingerprint density at radius 2 is 1.77 bits per heavy atom. The first-order chi connectivity index (χ1) is 16.7. The quantitative estimate of drug-likeness (QED) is 0.568. The SMILES string of the molecule is CCOC(=O)C1CCCN(C(=O)C(Cc2ccccc2)NC(=O)Nc2ccc(C(F)(F)F)cc2)C1. The second-order valence-electron chi connectivity index (χ2n) is 8.29. The van der Waals surface area contributed by atoms with Gasteiger partial charge >= 0.3 is 18.2 Å². The van der Waals surface area contributed by atoms with Crippen molar-refractivity contribution in [2.75, 3.05) is 25.0 Å². The Morgan fingerprint density at radius 3 is 2.40 bits per heavy atom. The van der Waals surface area contributed by atoms with Gasteiger partial charge in [-0.05, 0) is 49.6 Å². The van der Waals surface area contributed by atoms with Gasteiger partial charge in [-0.1, -0.05) is 30.3 Å². The van der Waals surface area contributed by atoms with Crippen LogP contribution in [0.4, 0.5) is 23.7 Å². The van der Waals surface area contributed by atoms with E-state index in [4.69, 9.17) is 4.74 Å². The third-order valence-electron chi connectivity index (χ3n) is 5.71. The second-order valence-corrected chi connectivity index (χ2v) is 8.29. The van der Waals surface area contributed by atoms with Crippen LogP contribution in [0.5, 0.6) is 0 Å². The van der Waals surface area contributed by atoms with E-state index in [0.29, 0.717) is 19.4 Å². The van der Waals surface area contributed by atoms with Gasteiger partial charge in [0.15, 0.2) is 0 Å². The van der Waals surface area contributed by atoms with Crippen molar-refractivity contribution >= 4 is 23.6 Å². The van der Waals surface area contributed by atoms with Crippen molar-refractivity contribution in [3.8, 4) is 0 Å². The van der Waals surface area contributed by atoms with Gasteiger partial charge in [0.05, 0.1) is 18.1 Å². The summed E-state index contributed by atoms with van der Waals surface area (Å²) in [6, 6.07) is 11.5. The Balaban J connectivity index is 1.71. The molecule has 1 aliphatic rings. The number of hydrogen-bond acceptors (Lipinski definition) is 4. The first kappa shape index (κ1) is 26.1. The fourth-order valence-electron chi connectivity index (χ4n) is 3.97. The number of benzene rings is 2. The van der Waals surface area contributed by atoms with Gasteiger partial charge in [-0.3, -0.25) is 9.59 Å². The highest BCUT2D eigenvalue weighted by Gasteiger charge is 2.33. The van der Waals surface area contributed by atoms with Gasteiger partial charge in [-0.15, -0.1) is 0 Å². The van der Waals surface area contributed by atoms with Crippen LogP contribution >= 0.6 is 0 Å². The van der Waals surface area contributed by atoms with Crippen LogP contribution in [-0.4, -0.2) is 48.5 Å². The van der Waals surface area contributed by atoms with Crippen LogP contribution in [0.1, 0.15) is 30.9 Å². The number of rotatable bonds is 7. The molecule has 35 heavy (non-hydrogen) atoms. The van der Waals surface area contributed by atoms with Gasteiger partial charge < -0.3 is 20.3 Å². The number of amides is 3. The Kier molecular flexibility index (Phi) is 8.73. The summed E-state index contributed by atoms with van der Waals surface area (Å²) >= 11 is 0. The molecule has 2 aromatic carbocycles. The maximum absolute atomic E-state index is 13.4. The number of carbonyl (C=O) groups is 3. The number of alkyl halides is 3. The van der Waals surface area contributed by atoms with E-state index >= 15 is 0 Å². The van der Waals surface area contributed by atoms with E-state index in [9.17, 15) is 27.6 Å². The van der Waals surface area contributed by atoms with Gasteiger partial charge in [0.1, 0.15) is 6.04 Å². The third kappa shape index (κ3) is 7.46. The number of likely N-dealkylation sites (tertiary alicyclic amines) is 1. The van der Waals surface area contributed by atoms with Gasteiger partial charge in [-0.2, -0.15) is 13.2 Å². The number of urea groups is 1. The zero-order chi connectivity index (χ0) is 25.4. The molecule has 2 atom stereocenters. The van der Waals surface area contributed by atoms with Crippen LogP contribution < -0.4 is 10.6 Å². The molecule has 1 aliphatic heterocycles. The Morgan fingerprint density at radius 1 is 1.09 bits per heavy atom. The maximum Gasteiger partial charge on any atom is 0.416 e. The van der Waals surface area contributed by atoms with E-state index < -0.39 is 29.7 Å². The molecule has 1 saturated heterocycles. The van der Waals surface area contributed by atoms with Crippen molar-refractivity contribution in [1.82, 2.24) is 10.2 Å². The molecule has 0 spiro atoms. The van der Waals surface area contributed by atoms with E-state index in [-0.39, 0.29) is 37.1 Å². The van der Waals surface area contributed by atoms with Gasteiger partial charge in [0, 0.05) is 25.2 Å². The van der Waals surface area contributed by atoms with Gasteiger partial charge in [0.25, 0.3) is 0 Å². The summed E-state index contributed by atoms with van der Waals surface area (Å²) < 4.78 is 43.4. The van der Waals surface area contributed by atoms with Crippen molar-refractivity contribution in [3.05, 3.63) is 65.7 Å². The summed E-state index contributed by atoms with van der Waals surface area (Å²) in [4.78, 5) is 39.8. The van der Waals surface area contributed by atoms with Crippen LogP contribution in [0, 0.1) is 5.92 Å². The summed E-state index contributed by atoms with van der Waals surface area (Å²) in [5.41, 5.74) is 0.142. The number of piperidine rings is 1. The summed E-state index contributed by atoms with van der Waals surface area (Å²) in [5.74, 6) is -1.12. The molecule has 3 rings (SSSR count). The number of halogens is 3. The number of ether oxygens (including phenoxy) is 1. The molecule has 10 heteroatoms. The Hall–Kier alpha value is -3.56. The van der Waals surface area contributed by atoms with Gasteiger partial charge in [0.2, 0.25) is 5.91 Å². The lowest BCUT2D eigenvalue weighted by Gasteiger charge is -2.34. The average molecular weight is 492 g/mol. The Labute approximate surface area is 201 Å². The summed E-state index contributed by atoms with van der Waals surface area (Å²) in [7, 11) is 0. The molecule has 0 aromatic heterocycles. The van der Waals surface area contributed by atoms with Crippen LogP contribution in [0.25, 0.3) is 0 Å². The van der Waals surface area contributed by atoms with Crippen molar-refractivity contribution < 1.29 is 32.3 Å². The molecular weight excluding hydrogens is 463 g/mol. The van der Waals surface area contributed by atoms with Crippen LogP contribution in [0.2, 0.25) is 0 Å². The van der Waals surface area contributed by atoms with Crippen molar-refractivity contribution in [2.45, 2.75) is 38.4 Å². The van der Waals surface area contributed by atoms with E-state index in [1.807, 2.05) is 30.3 Å². The maximum atomic E-state index is 13.4. The van der Waals surface area contributed by atoms with Crippen molar-refractivity contribution in [1.29, 1.82) is 0 Å². The minimum atomic E-state index is -4.48. The molecule has 3 amide bonds. The first-order valence-corrected chi connectivity index (χ1v) is 11.4. The van der Waals surface area contributed by atoms with Crippen LogP contribution in [0.3, 0.4) is 0 Å². The molecule has 2 N–H and O–H groups in total. The van der Waals surface area contributed by atoms with E-state index in [2.05, 4.69) is 10.6 Å². The van der Waals surface area contributed by atoms with E-state index in [0.717, 1.165) is 29.8 Å². The van der Waals surface area contributed by atoms with Crippen LogP contribution in [-0.2, 0) is 26.9 Å². The standard InChI is InChI=1S/C25H28F3N3O4/c1-2-35-23(33)18-9-6-14-31(16-18)22(32)21(15-17-7-4-3-5-8-17)30-24(34)29-20-12-10-19(11-13-20)25(26,27)28/h3-5,7-8,10-13,18,21H,2,6,9,14-16H2,1H3,(H2,29,30,34). The minimum absolute atomic E-state index is 0.154. The summed E-state index contributed by atoms with van der Waals surface area (Å²) in [6.45, 7) is 2.62.